The van der Waals surface area contributed by atoms with Gasteiger partial charge in [-0.2, -0.15) is 0 Å². The molecule has 68 valence electrons. The second-order valence-electron chi connectivity index (χ2n) is 2.41. The Balaban J connectivity index is 2.92. The maximum Gasteiger partial charge on any atom is 0.235 e. The molecule has 0 atom stereocenters. The minimum absolute atomic E-state index is 0.0707. The zero-order chi connectivity index (χ0) is 9.68. The topological polar surface area (TPSA) is 58.9 Å². The van der Waals surface area contributed by atoms with E-state index in [4.69, 9.17) is 4.74 Å². The highest BCUT2D eigenvalue weighted by molar-refractivity contribution is 5.42. The number of aromatic hydroxyl groups is 1. The van der Waals surface area contributed by atoms with Gasteiger partial charge in [0.15, 0.2) is 11.5 Å². The maximum absolute atomic E-state index is 9.83. The lowest BCUT2D eigenvalue weighted by atomic mass is 10.2. The van der Waals surface area contributed by atoms with E-state index in [9.17, 15) is 9.90 Å². The van der Waals surface area contributed by atoms with E-state index in [0.717, 1.165) is 5.56 Å². The molecule has 0 saturated carbocycles. The fourth-order valence-electron chi connectivity index (χ4n) is 0.944. The molecule has 0 radical (unpaired) electrons. The summed E-state index contributed by atoms with van der Waals surface area (Å²) in [5.74, 6) is 0.444. The standard InChI is InChI=1S/C9H9NO3/c1-13-9-4-7(5-10-6-11)2-3-8(9)12/h2-4,12H,5H2,1H3. The Morgan fingerprint density at radius 3 is 3.00 bits per heavy atom. The largest absolute Gasteiger partial charge is 0.504 e. The summed E-state index contributed by atoms with van der Waals surface area (Å²) in [7, 11) is 1.46. The minimum Gasteiger partial charge on any atom is -0.504 e. The SMILES string of the molecule is COc1cc(CN=C=O)ccc1O. The summed E-state index contributed by atoms with van der Waals surface area (Å²) < 4.78 is 4.88. The van der Waals surface area contributed by atoms with Crippen LogP contribution in [0, 0.1) is 0 Å². The Bertz CT molecular complexity index is 343. The number of phenolic OH excluding ortho intramolecular Hbond substituents is 1. The Morgan fingerprint density at radius 1 is 1.62 bits per heavy atom. The molecule has 1 rings (SSSR count). The van der Waals surface area contributed by atoms with Gasteiger partial charge in [0.2, 0.25) is 6.08 Å². The summed E-state index contributed by atoms with van der Waals surface area (Å²) in [5, 5.41) is 9.23. The first kappa shape index (κ1) is 9.29. The molecule has 4 heteroatoms. The fraction of sp³-hybridized carbons (Fsp3) is 0.222. The van der Waals surface area contributed by atoms with Crippen LogP contribution in [0.2, 0.25) is 0 Å². The van der Waals surface area contributed by atoms with Crippen LogP contribution in [0.5, 0.6) is 11.5 Å². The van der Waals surface area contributed by atoms with Gasteiger partial charge in [-0.25, -0.2) is 9.79 Å². The van der Waals surface area contributed by atoms with Crippen LogP contribution in [0.15, 0.2) is 23.2 Å². The summed E-state index contributed by atoms with van der Waals surface area (Å²) >= 11 is 0. The molecule has 13 heavy (non-hydrogen) atoms. The summed E-state index contributed by atoms with van der Waals surface area (Å²) in [4.78, 5) is 13.2. The molecule has 1 aromatic rings. The van der Waals surface area contributed by atoms with Crippen molar-refractivity contribution < 1.29 is 14.6 Å². The van der Waals surface area contributed by atoms with Crippen LogP contribution >= 0.6 is 0 Å². The third-order valence-corrected chi connectivity index (χ3v) is 1.57. The van der Waals surface area contributed by atoms with Crippen molar-refractivity contribution in [3.05, 3.63) is 23.8 Å². The van der Waals surface area contributed by atoms with Crippen molar-refractivity contribution in [2.24, 2.45) is 4.99 Å². The first-order chi connectivity index (χ1) is 6.27. The molecule has 0 aromatic heterocycles. The van der Waals surface area contributed by atoms with Crippen molar-refractivity contribution >= 4 is 6.08 Å². The predicted molar refractivity (Wildman–Crippen MR) is 46.5 cm³/mol. The lowest BCUT2D eigenvalue weighted by Gasteiger charge is -2.03. The van der Waals surface area contributed by atoms with E-state index < -0.39 is 0 Å². The number of carbonyl (C=O) groups excluding carboxylic acids is 1. The van der Waals surface area contributed by atoms with E-state index in [2.05, 4.69) is 4.99 Å². The lowest BCUT2D eigenvalue weighted by molar-refractivity contribution is 0.373. The number of aliphatic imine (C=N–C) groups is 1. The van der Waals surface area contributed by atoms with Crippen molar-refractivity contribution in [2.75, 3.05) is 7.11 Å². The van der Waals surface area contributed by atoms with Crippen molar-refractivity contribution in [1.29, 1.82) is 0 Å². The molecule has 0 heterocycles. The molecule has 4 nitrogen and oxygen atoms in total. The van der Waals surface area contributed by atoms with Gasteiger partial charge in [-0.15, -0.1) is 0 Å². The number of ether oxygens (including phenoxy) is 1. The van der Waals surface area contributed by atoms with E-state index in [1.165, 1.54) is 19.3 Å². The summed E-state index contributed by atoms with van der Waals surface area (Å²) in [6, 6.07) is 4.78. The highest BCUT2D eigenvalue weighted by Gasteiger charge is 2.01. The number of rotatable bonds is 3. The quantitative estimate of drug-likeness (QED) is 0.561. The zero-order valence-electron chi connectivity index (χ0n) is 7.15. The second kappa shape index (κ2) is 4.28. The van der Waals surface area contributed by atoms with Crippen LogP contribution in [0.25, 0.3) is 0 Å². The average Bonchev–Trinajstić information content (AvgIpc) is 2.16. The van der Waals surface area contributed by atoms with Crippen molar-refractivity contribution in [2.45, 2.75) is 6.54 Å². The van der Waals surface area contributed by atoms with Crippen LogP contribution in [-0.4, -0.2) is 18.3 Å². The van der Waals surface area contributed by atoms with E-state index >= 15 is 0 Å². The van der Waals surface area contributed by atoms with Crippen LogP contribution in [-0.2, 0) is 11.3 Å². The molecule has 0 amide bonds. The van der Waals surface area contributed by atoms with Crippen LogP contribution in [0.4, 0.5) is 0 Å². The number of isocyanates is 1. The van der Waals surface area contributed by atoms with E-state index in [0.29, 0.717) is 5.75 Å². The van der Waals surface area contributed by atoms with Gasteiger partial charge in [-0.05, 0) is 17.7 Å². The molecule has 1 N–H and O–H groups in total. The number of methoxy groups -OCH3 is 1. The van der Waals surface area contributed by atoms with Gasteiger partial charge >= 0.3 is 0 Å². The maximum atomic E-state index is 9.83. The number of hydrogen-bond acceptors (Lipinski definition) is 4. The van der Waals surface area contributed by atoms with Crippen molar-refractivity contribution in [1.82, 2.24) is 0 Å². The lowest BCUT2D eigenvalue weighted by Crippen LogP contribution is -1.86. The minimum atomic E-state index is 0.0707. The fourth-order valence-corrected chi connectivity index (χ4v) is 0.944. The van der Waals surface area contributed by atoms with Crippen molar-refractivity contribution in [3.63, 3.8) is 0 Å². The third kappa shape index (κ3) is 2.32. The van der Waals surface area contributed by atoms with Crippen LogP contribution in [0.3, 0.4) is 0 Å². The third-order valence-electron chi connectivity index (χ3n) is 1.57. The Morgan fingerprint density at radius 2 is 2.38 bits per heavy atom. The van der Waals surface area contributed by atoms with E-state index in [1.807, 2.05) is 0 Å². The summed E-state index contributed by atoms with van der Waals surface area (Å²) in [6.07, 6.45) is 1.44. The first-order valence-electron chi connectivity index (χ1n) is 3.67. The predicted octanol–water partition coefficient (Wildman–Crippen LogP) is 1.24. The molecule has 0 fully saturated rings. The van der Waals surface area contributed by atoms with Gasteiger partial charge < -0.3 is 9.84 Å². The smallest absolute Gasteiger partial charge is 0.235 e. The molecule has 0 bridgehead atoms. The zero-order valence-corrected chi connectivity index (χ0v) is 7.15. The van der Waals surface area contributed by atoms with Gasteiger partial charge in [-0.1, -0.05) is 6.07 Å². The Hall–Kier alpha value is -1.80. The van der Waals surface area contributed by atoms with Crippen molar-refractivity contribution in [3.8, 4) is 11.5 Å². The van der Waals surface area contributed by atoms with Crippen LogP contribution < -0.4 is 4.74 Å². The highest BCUT2D eigenvalue weighted by atomic mass is 16.5. The van der Waals surface area contributed by atoms with Gasteiger partial charge in [0, 0.05) is 0 Å². The van der Waals surface area contributed by atoms with Crippen LogP contribution in [0.1, 0.15) is 5.56 Å². The monoisotopic (exact) mass is 179 g/mol. The molecular formula is C9H9NO3. The number of hydrogen-bond donors (Lipinski definition) is 1. The van der Waals surface area contributed by atoms with Gasteiger partial charge in [-0.3, -0.25) is 0 Å². The number of benzene rings is 1. The van der Waals surface area contributed by atoms with E-state index in [-0.39, 0.29) is 12.3 Å². The number of nitrogens with zero attached hydrogens (tertiary/aromatic N) is 1. The molecule has 0 spiro atoms. The summed E-state index contributed by atoms with van der Waals surface area (Å²) in [5.41, 5.74) is 0.790. The summed E-state index contributed by atoms with van der Waals surface area (Å²) in [6.45, 7) is 0.250. The van der Waals surface area contributed by atoms with E-state index in [1.54, 1.807) is 12.1 Å². The number of phenols is 1. The molecule has 0 saturated heterocycles. The molecule has 0 aliphatic rings. The second-order valence-corrected chi connectivity index (χ2v) is 2.41. The van der Waals surface area contributed by atoms with Gasteiger partial charge in [0.05, 0.1) is 13.7 Å². The Labute approximate surface area is 75.5 Å². The van der Waals surface area contributed by atoms with Gasteiger partial charge in [0.1, 0.15) is 0 Å². The molecular weight excluding hydrogens is 170 g/mol. The highest BCUT2D eigenvalue weighted by Crippen LogP contribution is 2.26. The average molecular weight is 179 g/mol. The molecule has 0 unspecified atom stereocenters. The molecule has 0 aliphatic heterocycles. The molecule has 1 aromatic carbocycles. The first-order valence-corrected chi connectivity index (χ1v) is 3.67. The molecule has 0 aliphatic carbocycles. The normalized spacial score (nSPS) is 9.00. The Kier molecular flexibility index (Phi) is 3.06. The van der Waals surface area contributed by atoms with Gasteiger partial charge in [0.25, 0.3) is 0 Å².